The van der Waals surface area contributed by atoms with E-state index in [-0.39, 0.29) is 40.8 Å². The number of alkyl halides is 3. The molecule has 1 saturated heterocycles. The van der Waals surface area contributed by atoms with Crippen LogP contribution in [0.15, 0.2) is 39.9 Å². The molecular weight excluding hydrogens is 545 g/mol. The van der Waals surface area contributed by atoms with E-state index in [1.54, 1.807) is 10.3 Å². The molecule has 4 heterocycles. The first kappa shape index (κ1) is 26.1. The van der Waals surface area contributed by atoms with Crippen molar-refractivity contribution in [3.05, 3.63) is 51.2 Å². The van der Waals surface area contributed by atoms with Crippen molar-refractivity contribution in [2.75, 3.05) is 23.7 Å². The van der Waals surface area contributed by atoms with E-state index in [2.05, 4.69) is 11.6 Å². The molecule has 0 spiro atoms. The molecule has 2 aliphatic rings. The zero-order valence-electron chi connectivity index (χ0n) is 20.3. The van der Waals surface area contributed by atoms with Crippen LogP contribution >= 0.6 is 34.7 Å². The van der Waals surface area contributed by atoms with Crippen molar-refractivity contribution in [1.29, 1.82) is 0 Å². The normalized spacial score (nSPS) is 22.0. The average Bonchev–Trinajstić information content (AvgIpc) is 3.27. The first-order valence-electron chi connectivity index (χ1n) is 11.7. The first-order chi connectivity index (χ1) is 17.4. The topological polar surface area (TPSA) is 58.4 Å². The fourth-order valence-electron chi connectivity index (χ4n) is 5.16. The maximum atomic E-state index is 14.6. The highest BCUT2D eigenvalue weighted by Gasteiger charge is 2.40. The summed E-state index contributed by atoms with van der Waals surface area (Å²) in [6.07, 6.45) is -3.40. The molecule has 5 rings (SSSR count). The molecule has 0 radical (unpaired) electrons. The molecule has 2 aromatic heterocycles. The number of hydrogen-bond donors (Lipinski definition) is 0. The zero-order chi connectivity index (χ0) is 26.8. The number of carbonyl (C=O) groups is 1. The van der Waals surface area contributed by atoms with Gasteiger partial charge in [-0.1, -0.05) is 18.2 Å². The molecule has 2 aliphatic heterocycles. The Morgan fingerprint density at radius 3 is 2.54 bits per heavy atom. The Morgan fingerprint density at radius 2 is 1.92 bits per heavy atom. The van der Waals surface area contributed by atoms with Crippen LogP contribution in [0.1, 0.15) is 32.4 Å². The Hall–Kier alpha value is -2.50. The van der Waals surface area contributed by atoms with Crippen molar-refractivity contribution < 1.29 is 18.0 Å². The quantitative estimate of drug-likeness (QED) is 0.359. The van der Waals surface area contributed by atoms with Crippen LogP contribution in [0.3, 0.4) is 0 Å². The Balaban J connectivity index is 1.81. The number of halogens is 4. The van der Waals surface area contributed by atoms with E-state index in [0.717, 1.165) is 17.4 Å². The first-order valence-corrected chi connectivity index (χ1v) is 13.9. The van der Waals surface area contributed by atoms with E-state index in [0.29, 0.717) is 39.2 Å². The summed E-state index contributed by atoms with van der Waals surface area (Å²) >= 11 is 8.56. The molecule has 12 heteroatoms. The van der Waals surface area contributed by atoms with Gasteiger partial charge in [-0.05, 0) is 39.0 Å². The van der Waals surface area contributed by atoms with Gasteiger partial charge in [0.1, 0.15) is 5.82 Å². The van der Waals surface area contributed by atoms with Gasteiger partial charge in [-0.3, -0.25) is 9.36 Å². The third kappa shape index (κ3) is 4.34. The molecule has 1 unspecified atom stereocenters. The third-order valence-corrected chi connectivity index (χ3v) is 9.52. The molecule has 1 fully saturated rings. The molecule has 0 saturated carbocycles. The van der Waals surface area contributed by atoms with Crippen molar-refractivity contribution in [1.82, 2.24) is 14.5 Å². The smallest absolute Gasteiger partial charge is 0.349 e. The van der Waals surface area contributed by atoms with Gasteiger partial charge in [0.15, 0.2) is 0 Å². The Bertz CT molecular complexity index is 1490. The second-order valence-electron chi connectivity index (χ2n) is 9.44. The van der Waals surface area contributed by atoms with Gasteiger partial charge in [0.2, 0.25) is 5.91 Å². The number of carbonyl (C=O) groups excluding carboxylic acids is 1. The molecule has 1 aromatic carbocycles. The molecule has 0 aliphatic carbocycles. The Kier molecular flexibility index (Phi) is 6.60. The zero-order valence-corrected chi connectivity index (χ0v) is 22.7. The molecular formula is C25H24ClF3N4O2S2. The third-order valence-electron chi connectivity index (χ3n) is 6.89. The Morgan fingerprint density at radius 1 is 1.19 bits per heavy atom. The number of thioether (sulfide) groups is 1. The van der Waals surface area contributed by atoms with E-state index >= 15 is 0 Å². The molecule has 3 atom stereocenters. The highest BCUT2D eigenvalue weighted by Crippen LogP contribution is 2.51. The fraction of sp³-hybridized carbons (Fsp3) is 0.400. The van der Waals surface area contributed by atoms with Crippen molar-refractivity contribution in [3.63, 3.8) is 0 Å². The molecule has 37 heavy (non-hydrogen) atoms. The maximum absolute atomic E-state index is 14.6. The summed E-state index contributed by atoms with van der Waals surface area (Å²) in [5, 5.41) is 2.23. The number of hydrogen-bond acceptors (Lipinski definition) is 6. The molecule has 0 N–H and O–H groups in total. The van der Waals surface area contributed by atoms with Crippen LogP contribution in [0, 0.1) is 0 Å². The molecule has 3 aromatic rings. The minimum atomic E-state index is -4.65. The van der Waals surface area contributed by atoms with Crippen molar-refractivity contribution in [3.8, 4) is 10.4 Å². The van der Waals surface area contributed by atoms with Gasteiger partial charge in [0.05, 0.1) is 16.1 Å². The number of nitrogens with zero attached hydrogens (tertiary/aromatic N) is 4. The summed E-state index contributed by atoms with van der Waals surface area (Å²) in [5.74, 6) is 0.429. The molecule has 1 amide bonds. The second-order valence-corrected chi connectivity index (χ2v) is 11.8. The van der Waals surface area contributed by atoms with Crippen LogP contribution in [0.25, 0.3) is 21.3 Å². The van der Waals surface area contributed by atoms with E-state index in [1.165, 1.54) is 28.5 Å². The van der Waals surface area contributed by atoms with Gasteiger partial charge in [0, 0.05) is 63.1 Å². The largest absolute Gasteiger partial charge is 0.417 e. The molecule has 0 bridgehead atoms. The summed E-state index contributed by atoms with van der Waals surface area (Å²) in [6, 6.07) is 1.87. The molecule has 6 nitrogen and oxygen atoms in total. The van der Waals surface area contributed by atoms with Crippen LogP contribution in [-0.4, -0.2) is 51.3 Å². The lowest BCUT2D eigenvalue weighted by molar-refractivity contribution is -0.137. The number of piperazine rings is 1. The summed E-state index contributed by atoms with van der Waals surface area (Å²) < 4.78 is 45.2. The van der Waals surface area contributed by atoms with Gasteiger partial charge in [-0.15, -0.1) is 23.1 Å². The number of anilines is 1. The lowest BCUT2D eigenvalue weighted by Crippen LogP contribution is -2.58. The standard InChI is InChI=1S/C25H24ClF3N4O2S2/c1-5-19(34)31-8-13(3)32(9-12(31)2)23-16-7-17(25(27,28)29)20(18-6-15(26)11-36-18)22-21(16)33(24(35)30-23)14(4)10-37-22/h5-7,11-14H,1,8-10H2,2-4H3/t12-,13+,14?/m1/s1. The highest BCUT2D eigenvalue weighted by atomic mass is 35.5. The number of benzene rings is 1. The summed E-state index contributed by atoms with van der Waals surface area (Å²) in [6.45, 7) is 9.78. The van der Waals surface area contributed by atoms with E-state index < -0.39 is 17.4 Å². The number of amides is 1. The van der Waals surface area contributed by atoms with Gasteiger partial charge < -0.3 is 9.80 Å². The van der Waals surface area contributed by atoms with E-state index in [1.807, 2.05) is 25.7 Å². The number of aromatic nitrogens is 2. The predicted molar refractivity (Wildman–Crippen MR) is 143 cm³/mol. The summed E-state index contributed by atoms with van der Waals surface area (Å²) in [7, 11) is 0. The minimum absolute atomic E-state index is 0.0434. The molecule has 196 valence electrons. The summed E-state index contributed by atoms with van der Waals surface area (Å²) in [4.78, 5) is 34.3. The van der Waals surface area contributed by atoms with Crippen molar-refractivity contribution >= 4 is 57.3 Å². The maximum Gasteiger partial charge on any atom is 0.417 e. The van der Waals surface area contributed by atoms with Crippen LogP contribution in [0.2, 0.25) is 5.02 Å². The predicted octanol–water partition coefficient (Wildman–Crippen LogP) is 6.08. The SMILES string of the molecule is C=CC(=O)N1C[C@H](C)N(c2nc(=O)n3c4c(c(-c5cc(Cl)cs5)c(C(F)(F)F)cc24)SCC3C)C[C@H]1C. The van der Waals surface area contributed by atoms with Crippen LogP contribution in [-0.2, 0) is 11.0 Å². The van der Waals surface area contributed by atoms with Gasteiger partial charge in [0.25, 0.3) is 0 Å². The second kappa shape index (κ2) is 9.36. The van der Waals surface area contributed by atoms with E-state index in [9.17, 15) is 22.8 Å². The number of thiophene rings is 1. The van der Waals surface area contributed by atoms with Crippen LogP contribution < -0.4 is 10.6 Å². The average molecular weight is 569 g/mol. The highest BCUT2D eigenvalue weighted by molar-refractivity contribution is 7.99. The van der Waals surface area contributed by atoms with Crippen molar-refractivity contribution in [2.24, 2.45) is 0 Å². The van der Waals surface area contributed by atoms with Gasteiger partial charge in [-0.2, -0.15) is 18.2 Å². The number of rotatable bonds is 3. The Labute approximate surface area is 224 Å². The van der Waals surface area contributed by atoms with Crippen LogP contribution in [0.4, 0.5) is 19.0 Å². The lowest BCUT2D eigenvalue weighted by Gasteiger charge is -2.45. The minimum Gasteiger partial charge on any atom is -0.349 e. The lowest BCUT2D eigenvalue weighted by atomic mass is 10.00. The monoisotopic (exact) mass is 568 g/mol. The van der Waals surface area contributed by atoms with E-state index in [4.69, 9.17) is 11.6 Å². The van der Waals surface area contributed by atoms with Gasteiger partial charge >= 0.3 is 11.9 Å². The fourth-order valence-corrected chi connectivity index (χ4v) is 7.63. The van der Waals surface area contributed by atoms with Crippen molar-refractivity contribution in [2.45, 2.75) is 50.0 Å². The van der Waals surface area contributed by atoms with Crippen LogP contribution in [0.5, 0.6) is 0 Å². The van der Waals surface area contributed by atoms with Gasteiger partial charge in [-0.25, -0.2) is 4.79 Å². The summed E-state index contributed by atoms with van der Waals surface area (Å²) in [5.41, 5.74) is -0.793.